The monoisotopic (exact) mass is 136 g/mol. The predicted octanol–water partition coefficient (Wildman–Crippen LogP) is 0.879. The van der Waals surface area contributed by atoms with Crippen molar-refractivity contribution in [2.45, 2.75) is 25.3 Å². The Morgan fingerprint density at radius 3 is 3.40 bits per heavy atom. The number of hydrogen-bond donors (Lipinski definition) is 1. The summed E-state index contributed by atoms with van der Waals surface area (Å²) in [4.78, 5) is 4.21. The zero-order valence-corrected chi connectivity index (χ0v) is 6.01. The van der Waals surface area contributed by atoms with Crippen LogP contribution in [0.1, 0.15) is 19.3 Å². The van der Waals surface area contributed by atoms with E-state index in [0.29, 0.717) is 6.04 Å². The fourth-order valence-electron chi connectivity index (χ4n) is 1.64. The summed E-state index contributed by atoms with van der Waals surface area (Å²) < 4.78 is 0. The van der Waals surface area contributed by atoms with Crippen molar-refractivity contribution in [3.8, 4) is 0 Å². The Bertz CT molecular complexity index is 203. The van der Waals surface area contributed by atoms with E-state index in [1.54, 1.807) is 0 Å². The summed E-state index contributed by atoms with van der Waals surface area (Å²) in [6, 6.07) is 0.392. The van der Waals surface area contributed by atoms with Gasteiger partial charge in [-0.05, 0) is 30.4 Å². The van der Waals surface area contributed by atoms with Gasteiger partial charge in [0.05, 0.1) is 6.54 Å². The molecule has 0 bridgehead atoms. The van der Waals surface area contributed by atoms with Crippen LogP contribution in [0.3, 0.4) is 0 Å². The number of aliphatic imine (C=N–C) groups is 1. The van der Waals surface area contributed by atoms with Crippen molar-refractivity contribution in [3.63, 3.8) is 0 Å². The van der Waals surface area contributed by atoms with E-state index in [2.05, 4.69) is 4.99 Å². The van der Waals surface area contributed by atoms with Gasteiger partial charge in [-0.1, -0.05) is 0 Å². The molecule has 0 aromatic carbocycles. The van der Waals surface area contributed by atoms with Gasteiger partial charge in [0.1, 0.15) is 0 Å². The molecule has 0 fully saturated rings. The second-order valence-electron chi connectivity index (χ2n) is 3.10. The number of rotatable bonds is 0. The number of nitrogens with zero attached hydrogens (tertiary/aromatic N) is 1. The van der Waals surface area contributed by atoms with Crippen LogP contribution in [0.25, 0.3) is 0 Å². The van der Waals surface area contributed by atoms with Crippen molar-refractivity contribution >= 4 is 6.21 Å². The minimum absolute atomic E-state index is 0.392. The molecule has 0 saturated heterocycles. The largest absolute Gasteiger partial charge is 0.327 e. The van der Waals surface area contributed by atoms with Crippen molar-refractivity contribution in [2.75, 3.05) is 6.54 Å². The Balaban J connectivity index is 2.19. The van der Waals surface area contributed by atoms with Crippen LogP contribution < -0.4 is 5.73 Å². The van der Waals surface area contributed by atoms with Gasteiger partial charge in [-0.2, -0.15) is 0 Å². The van der Waals surface area contributed by atoms with E-state index >= 15 is 0 Å². The maximum Gasteiger partial charge on any atom is 0.0605 e. The third-order valence-electron chi connectivity index (χ3n) is 2.28. The summed E-state index contributed by atoms with van der Waals surface area (Å²) in [6.07, 6.45) is 5.38. The lowest BCUT2D eigenvalue weighted by molar-refractivity contribution is 0.581. The van der Waals surface area contributed by atoms with Gasteiger partial charge in [-0.25, -0.2) is 0 Å². The summed E-state index contributed by atoms with van der Waals surface area (Å²) in [7, 11) is 0. The lowest BCUT2D eigenvalue weighted by Gasteiger charge is -2.18. The number of hydrogen-bond acceptors (Lipinski definition) is 2. The van der Waals surface area contributed by atoms with Crippen LogP contribution in [0.5, 0.6) is 0 Å². The molecule has 0 aromatic rings. The van der Waals surface area contributed by atoms with E-state index in [9.17, 15) is 0 Å². The zero-order valence-electron chi connectivity index (χ0n) is 6.01. The van der Waals surface area contributed by atoms with E-state index in [0.717, 1.165) is 19.4 Å². The quantitative estimate of drug-likeness (QED) is 0.527. The first-order chi connectivity index (χ1) is 4.86. The summed E-state index contributed by atoms with van der Waals surface area (Å²) in [5, 5.41) is 0. The highest BCUT2D eigenvalue weighted by molar-refractivity contribution is 5.83. The van der Waals surface area contributed by atoms with Crippen LogP contribution >= 0.6 is 0 Å². The Kier molecular flexibility index (Phi) is 1.34. The van der Waals surface area contributed by atoms with E-state index < -0.39 is 0 Å². The van der Waals surface area contributed by atoms with Crippen molar-refractivity contribution in [1.82, 2.24) is 0 Å². The molecule has 1 aliphatic carbocycles. The molecule has 1 unspecified atom stereocenters. The molecule has 1 aliphatic heterocycles. The van der Waals surface area contributed by atoms with Gasteiger partial charge in [-0.15, -0.1) is 0 Å². The molecule has 0 aromatic heterocycles. The SMILES string of the molecule is NC1CCC2=C(C=NC2)C1. The van der Waals surface area contributed by atoms with Crippen LogP contribution in [-0.2, 0) is 0 Å². The van der Waals surface area contributed by atoms with Gasteiger partial charge in [0.2, 0.25) is 0 Å². The minimum Gasteiger partial charge on any atom is -0.327 e. The molecule has 2 nitrogen and oxygen atoms in total. The minimum atomic E-state index is 0.392. The molecule has 2 aliphatic rings. The van der Waals surface area contributed by atoms with Crippen molar-refractivity contribution < 1.29 is 0 Å². The zero-order chi connectivity index (χ0) is 6.97. The molecular weight excluding hydrogens is 124 g/mol. The van der Waals surface area contributed by atoms with Gasteiger partial charge >= 0.3 is 0 Å². The molecular formula is C8H12N2. The molecule has 1 atom stereocenters. The molecule has 2 heteroatoms. The van der Waals surface area contributed by atoms with Gasteiger partial charge in [0.15, 0.2) is 0 Å². The molecule has 1 heterocycles. The Hall–Kier alpha value is -0.630. The van der Waals surface area contributed by atoms with Gasteiger partial charge in [0.25, 0.3) is 0 Å². The molecule has 10 heavy (non-hydrogen) atoms. The first kappa shape index (κ1) is 6.10. The second-order valence-corrected chi connectivity index (χ2v) is 3.10. The summed E-state index contributed by atoms with van der Waals surface area (Å²) in [5.41, 5.74) is 8.74. The lowest BCUT2D eigenvalue weighted by Crippen LogP contribution is -2.24. The van der Waals surface area contributed by atoms with Crippen LogP contribution in [-0.4, -0.2) is 18.8 Å². The predicted molar refractivity (Wildman–Crippen MR) is 42.2 cm³/mol. The summed E-state index contributed by atoms with van der Waals surface area (Å²) in [6.45, 7) is 0.946. The molecule has 2 N–H and O–H groups in total. The third-order valence-corrected chi connectivity index (χ3v) is 2.28. The van der Waals surface area contributed by atoms with Crippen molar-refractivity contribution in [2.24, 2.45) is 10.7 Å². The summed E-state index contributed by atoms with van der Waals surface area (Å²) in [5.74, 6) is 0. The highest BCUT2D eigenvalue weighted by Crippen LogP contribution is 2.25. The Morgan fingerprint density at radius 1 is 1.60 bits per heavy atom. The average molecular weight is 136 g/mol. The fraction of sp³-hybridized carbons (Fsp3) is 0.625. The maximum atomic E-state index is 5.79. The summed E-state index contributed by atoms with van der Waals surface area (Å²) >= 11 is 0. The van der Waals surface area contributed by atoms with Gasteiger partial charge in [-0.3, -0.25) is 4.99 Å². The van der Waals surface area contributed by atoms with Gasteiger partial charge < -0.3 is 5.73 Å². The first-order valence-electron chi connectivity index (χ1n) is 3.82. The smallest absolute Gasteiger partial charge is 0.0605 e. The molecule has 0 radical (unpaired) electrons. The fourth-order valence-corrected chi connectivity index (χ4v) is 1.64. The van der Waals surface area contributed by atoms with E-state index in [1.807, 2.05) is 6.21 Å². The normalized spacial score (nSPS) is 31.1. The van der Waals surface area contributed by atoms with Crippen LogP contribution in [0.4, 0.5) is 0 Å². The standard InChI is InChI=1S/C8H12N2/c9-8-2-1-6-4-10-5-7(6)3-8/h5,8H,1-4,9H2. The highest BCUT2D eigenvalue weighted by Gasteiger charge is 2.18. The first-order valence-corrected chi connectivity index (χ1v) is 3.82. The Labute approximate surface area is 60.8 Å². The van der Waals surface area contributed by atoms with E-state index in [4.69, 9.17) is 5.73 Å². The van der Waals surface area contributed by atoms with Gasteiger partial charge in [0, 0.05) is 12.3 Å². The van der Waals surface area contributed by atoms with E-state index in [-0.39, 0.29) is 0 Å². The van der Waals surface area contributed by atoms with Crippen LogP contribution in [0.2, 0.25) is 0 Å². The van der Waals surface area contributed by atoms with Crippen LogP contribution in [0, 0.1) is 0 Å². The second kappa shape index (κ2) is 2.20. The number of nitrogens with two attached hydrogens (primary N) is 1. The molecule has 0 spiro atoms. The highest BCUT2D eigenvalue weighted by atomic mass is 14.7. The molecule has 54 valence electrons. The maximum absolute atomic E-state index is 5.79. The van der Waals surface area contributed by atoms with E-state index in [1.165, 1.54) is 17.6 Å². The molecule has 0 amide bonds. The average Bonchev–Trinajstić information content (AvgIpc) is 2.33. The van der Waals surface area contributed by atoms with Crippen LogP contribution in [0.15, 0.2) is 16.1 Å². The molecule has 0 saturated carbocycles. The molecule has 2 rings (SSSR count). The van der Waals surface area contributed by atoms with Crippen molar-refractivity contribution in [3.05, 3.63) is 11.1 Å². The Morgan fingerprint density at radius 2 is 2.50 bits per heavy atom. The lowest BCUT2D eigenvalue weighted by atomic mass is 9.91. The van der Waals surface area contributed by atoms with Crippen molar-refractivity contribution in [1.29, 1.82) is 0 Å². The topological polar surface area (TPSA) is 38.4 Å². The third kappa shape index (κ3) is 0.886.